The van der Waals surface area contributed by atoms with Gasteiger partial charge in [-0.15, -0.1) is 0 Å². The molecule has 1 aliphatic carbocycles. The molecule has 3 aromatic rings. The molecule has 4 rings (SSSR count). The standard InChI is InChI=1S/C22H22N2OS/c1-3-22(2)13-16-11-7-8-12-17(16)19-18(22)20(25)24-21(23-19)26-14-15-9-5-4-6-10-15/h4-12H,3,13-14H2,1-2H3,(H,23,24,25)/t22-/m0/s1. The topological polar surface area (TPSA) is 45.8 Å². The number of H-pyrrole nitrogens is 1. The van der Waals surface area contributed by atoms with E-state index in [1.54, 1.807) is 11.8 Å². The van der Waals surface area contributed by atoms with Crippen molar-refractivity contribution in [1.82, 2.24) is 9.97 Å². The molecule has 0 aliphatic heterocycles. The summed E-state index contributed by atoms with van der Waals surface area (Å²) in [6, 6.07) is 18.6. The number of fused-ring (bicyclic) bond motifs is 3. The second-order valence-electron chi connectivity index (χ2n) is 7.12. The molecule has 0 bridgehead atoms. The fourth-order valence-corrected chi connectivity index (χ4v) is 4.53. The molecule has 1 N–H and O–H groups in total. The van der Waals surface area contributed by atoms with Crippen LogP contribution >= 0.6 is 11.8 Å². The molecule has 0 fully saturated rings. The van der Waals surface area contributed by atoms with Crippen molar-refractivity contribution in [2.75, 3.05) is 0 Å². The Kier molecular flexibility index (Phi) is 4.45. The zero-order chi connectivity index (χ0) is 18.1. The third-order valence-electron chi connectivity index (χ3n) is 5.35. The summed E-state index contributed by atoms with van der Waals surface area (Å²) in [5.41, 5.74) is 5.12. The Bertz CT molecular complexity index is 997. The van der Waals surface area contributed by atoms with E-state index in [1.807, 2.05) is 24.3 Å². The quantitative estimate of drug-likeness (QED) is 0.527. The Hall–Kier alpha value is -2.33. The van der Waals surface area contributed by atoms with Crippen LogP contribution in [0.2, 0.25) is 0 Å². The Morgan fingerprint density at radius 1 is 1.12 bits per heavy atom. The number of hydrogen-bond donors (Lipinski definition) is 1. The average Bonchev–Trinajstić information content (AvgIpc) is 2.67. The number of aromatic nitrogens is 2. The van der Waals surface area contributed by atoms with Crippen molar-refractivity contribution in [1.29, 1.82) is 0 Å². The van der Waals surface area contributed by atoms with Gasteiger partial charge in [0.1, 0.15) is 0 Å². The molecule has 132 valence electrons. The third kappa shape index (κ3) is 2.99. The number of thioether (sulfide) groups is 1. The predicted octanol–water partition coefficient (Wildman–Crippen LogP) is 4.95. The van der Waals surface area contributed by atoms with Crippen molar-refractivity contribution >= 4 is 11.8 Å². The van der Waals surface area contributed by atoms with E-state index in [2.05, 4.69) is 49.2 Å². The summed E-state index contributed by atoms with van der Waals surface area (Å²) in [7, 11) is 0. The van der Waals surface area contributed by atoms with E-state index in [0.717, 1.165) is 35.4 Å². The van der Waals surface area contributed by atoms with Crippen LogP contribution in [0.25, 0.3) is 11.3 Å². The summed E-state index contributed by atoms with van der Waals surface area (Å²) < 4.78 is 0. The maximum absolute atomic E-state index is 13.0. The van der Waals surface area contributed by atoms with Gasteiger partial charge < -0.3 is 4.98 Å². The molecule has 1 aromatic heterocycles. The van der Waals surface area contributed by atoms with Gasteiger partial charge in [-0.2, -0.15) is 0 Å². The lowest BCUT2D eigenvalue weighted by molar-refractivity contribution is 0.438. The first-order valence-electron chi connectivity index (χ1n) is 9.00. The molecule has 2 aromatic carbocycles. The lowest BCUT2D eigenvalue weighted by atomic mass is 9.69. The summed E-state index contributed by atoms with van der Waals surface area (Å²) in [5, 5.41) is 0.688. The monoisotopic (exact) mass is 362 g/mol. The van der Waals surface area contributed by atoms with E-state index in [1.165, 1.54) is 11.1 Å². The van der Waals surface area contributed by atoms with Gasteiger partial charge in [-0.3, -0.25) is 4.79 Å². The zero-order valence-electron chi connectivity index (χ0n) is 15.1. The van der Waals surface area contributed by atoms with Gasteiger partial charge in [-0.25, -0.2) is 4.98 Å². The van der Waals surface area contributed by atoms with Crippen molar-refractivity contribution in [3.8, 4) is 11.3 Å². The maximum Gasteiger partial charge on any atom is 0.255 e. The largest absolute Gasteiger partial charge is 0.301 e. The summed E-state index contributed by atoms with van der Waals surface area (Å²) in [6.07, 6.45) is 1.80. The van der Waals surface area contributed by atoms with Gasteiger partial charge >= 0.3 is 0 Å². The summed E-state index contributed by atoms with van der Waals surface area (Å²) in [6.45, 7) is 4.32. The summed E-state index contributed by atoms with van der Waals surface area (Å²) in [5.74, 6) is 0.787. The lowest BCUT2D eigenvalue weighted by Gasteiger charge is -2.34. The number of benzene rings is 2. The van der Waals surface area contributed by atoms with Crippen LogP contribution in [-0.2, 0) is 17.6 Å². The van der Waals surface area contributed by atoms with Crippen LogP contribution < -0.4 is 5.56 Å². The highest BCUT2D eigenvalue weighted by atomic mass is 32.2. The van der Waals surface area contributed by atoms with Crippen LogP contribution in [0.1, 0.15) is 37.0 Å². The molecule has 0 spiro atoms. The van der Waals surface area contributed by atoms with Crippen molar-refractivity contribution in [2.45, 2.75) is 43.0 Å². The van der Waals surface area contributed by atoms with Crippen molar-refractivity contribution in [3.05, 3.63) is 81.6 Å². The van der Waals surface area contributed by atoms with E-state index in [9.17, 15) is 4.79 Å². The van der Waals surface area contributed by atoms with Gasteiger partial charge in [0.15, 0.2) is 5.16 Å². The van der Waals surface area contributed by atoms with Crippen LogP contribution in [-0.4, -0.2) is 9.97 Å². The van der Waals surface area contributed by atoms with Crippen molar-refractivity contribution in [3.63, 3.8) is 0 Å². The number of hydrogen-bond acceptors (Lipinski definition) is 3. The minimum atomic E-state index is -0.174. The fourth-order valence-electron chi connectivity index (χ4n) is 3.72. The Balaban J connectivity index is 1.78. The first kappa shape index (κ1) is 17.1. The summed E-state index contributed by atoms with van der Waals surface area (Å²) >= 11 is 1.58. The number of nitrogens with one attached hydrogen (secondary N) is 1. The number of aromatic amines is 1. The van der Waals surface area contributed by atoms with E-state index in [0.29, 0.717) is 5.16 Å². The van der Waals surface area contributed by atoms with Gasteiger partial charge in [0.05, 0.1) is 5.69 Å². The Morgan fingerprint density at radius 3 is 2.62 bits per heavy atom. The van der Waals surface area contributed by atoms with E-state index in [4.69, 9.17) is 4.98 Å². The highest BCUT2D eigenvalue weighted by Crippen LogP contribution is 2.42. The minimum Gasteiger partial charge on any atom is -0.301 e. The molecular weight excluding hydrogens is 340 g/mol. The highest BCUT2D eigenvalue weighted by Gasteiger charge is 2.37. The molecule has 0 saturated carbocycles. The molecule has 26 heavy (non-hydrogen) atoms. The zero-order valence-corrected chi connectivity index (χ0v) is 15.9. The van der Waals surface area contributed by atoms with Gasteiger partial charge in [0.2, 0.25) is 0 Å². The van der Waals surface area contributed by atoms with Gasteiger partial charge in [-0.05, 0) is 24.0 Å². The van der Waals surface area contributed by atoms with Crippen LogP contribution in [0.3, 0.4) is 0 Å². The van der Waals surface area contributed by atoms with Crippen LogP contribution in [0.15, 0.2) is 64.5 Å². The van der Waals surface area contributed by atoms with E-state index < -0.39 is 0 Å². The molecule has 4 heteroatoms. The predicted molar refractivity (Wildman–Crippen MR) is 108 cm³/mol. The average molecular weight is 362 g/mol. The van der Waals surface area contributed by atoms with E-state index in [-0.39, 0.29) is 11.0 Å². The normalized spacial score (nSPS) is 18.2. The van der Waals surface area contributed by atoms with E-state index >= 15 is 0 Å². The maximum atomic E-state index is 13.0. The van der Waals surface area contributed by atoms with Crippen LogP contribution in [0, 0.1) is 0 Å². The third-order valence-corrected chi connectivity index (χ3v) is 6.30. The number of nitrogens with zero attached hydrogens (tertiary/aromatic N) is 1. The molecule has 0 amide bonds. The Labute approximate surface area is 157 Å². The smallest absolute Gasteiger partial charge is 0.255 e. The second-order valence-corrected chi connectivity index (χ2v) is 8.08. The first-order chi connectivity index (χ1) is 12.6. The minimum absolute atomic E-state index is 0.00409. The first-order valence-corrected chi connectivity index (χ1v) is 9.99. The van der Waals surface area contributed by atoms with Gasteiger partial charge in [-0.1, -0.05) is 80.2 Å². The number of rotatable bonds is 4. The molecular formula is C22H22N2OS. The lowest BCUT2D eigenvalue weighted by Crippen LogP contribution is -2.36. The molecule has 0 unspecified atom stereocenters. The fraction of sp³-hybridized carbons (Fsp3) is 0.273. The Morgan fingerprint density at radius 2 is 1.85 bits per heavy atom. The second kappa shape index (κ2) is 6.76. The van der Waals surface area contributed by atoms with Gasteiger partial charge in [0.25, 0.3) is 5.56 Å². The highest BCUT2D eigenvalue weighted by molar-refractivity contribution is 7.98. The summed E-state index contributed by atoms with van der Waals surface area (Å²) in [4.78, 5) is 20.9. The van der Waals surface area contributed by atoms with Crippen LogP contribution in [0.5, 0.6) is 0 Å². The molecule has 0 saturated heterocycles. The molecule has 0 radical (unpaired) electrons. The van der Waals surface area contributed by atoms with Crippen molar-refractivity contribution < 1.29 is 0 Å². The molecule has 1 atom stereocenters. The molecule has 1 aliphatic rings. The van der Waals surface area contributed by atoms with Crippen molar-refractivity contribution in [2.24, 2.45) is 0 Å². The van der Waals surface area contributed by atoms with Gasteiger partial charge in [0, 0.05) is 22.3 Å². The van der Waals surface area contributed by atoms with Crippen LogP contribution in [0.4, 0.5) is 0 Å². The molecule has 3 nitrogen and oxygen atoms in total. The molecule has 1 heterocycles. The SMILES string of the molecule is CC[C@@]1(C)Cc2ccccc2-c2nc(SCc3ccccc3)[nH]c(=O)c21.